The van der Waals surface area contributed by atoms with Crippen molar-refractivity contribution in [3.8, 4) is 5.75 Å². The van der Waals surface area contributed by atoms with Crippen LogP contribution in [0.3, 0.4) is 0 Å². The van der Waals surface area contributed by atoms with Gasteiger partial charge >= 0.3 is 0 Å². The number of ether oxygens (including phenoxy) is 1. The Balaban J connectivity index is 2.19. The van der Waals surface area contributed by atoms with Crippen molar-refractivity contribution in [3.63, 3.8) is 0 Å². The molecule has 0 unspecified atom stereocenters. The molecule has 1 heterocycles. The monoisotopic (exact) mass is 277 g/mol. The van der Waals surface area contributed by atoms with Crippen molar-refractivity contribution in [2.75, 3.05) is 12.4 Å². The molecular formula is C14H16ClN3O. The van der Waals surface area contributed by atoms with E-state index in [0.29, 0.717) is 16.7 Å². The van der Waals surface area contributed by atoms with Gasteiger partial charge in [-0.1, -0.05) is 37.1 Å². The van der Waals surface area contributed by atoms with Crippen LogP contribution >= 0.6 is 11.6 Å². The molecule has 100 valence electrons. The minimum atomic E-state index is 0.294. The Labute approximate surface area is 117 Å². The molecule has 1 N–H and O–H groups in total. The number of nitrogens with zero attached hydrogens (tertiary/aromatic N) is 2. The van der Waals surface area contributed by atoms with Crippen molar-refractivity contribution in [1.82, 2.24) is 9.97 Å². The number of halogens is 1. The number of aryl methyl sites for hydroxylation is 1. The molecule has 0 saturated heterocycles. The van der Waals surface area contributed by atoms with E-state index in [9.17, 15) is 0 Å². The zero-order valence-electron chi connectivity index (χ0n) is 11.0. The van der Waals surface area contributed by atoms with Crippen molar-refractivity contribution in [3.05, 3.63) is 41.3 Å². The number of methoxy groups -OCH3 is 1. The van der Waals surface area contributed by atoms with Crippen LogP contribution in [0.2, 0.25) is 5.15 Å². The minimum absolute atomic E-state index is 0.294. The molecule has 2 aromatic rings. The standard InChI is InChI=1S/C14H16ClN3O/c1-3-4-10-5-7-11(8-6-10)18-14-12(19-2)13(15)16-9-17-14/h5-9H,3-4H2,1-2H3,(H,16,17,18). The van der Waals surface area contributed by atoms with Crippen LogP contribution in [-0.4, -0.2) is 17.1 Å². The first kappa shape index (κ1) is 13.6. The van der Waals surface area contributed by atoms with Crippen LogP contribution in [0.25, 0.3) is 0 Å². The molecule has 0 spiro atoms. The Morgan fingerprint density at radius 1 is 1.21 bits per heavy atom. The number of aromatic nitrogens is 2. The Bertz CT molecular complexity index is 543. The Morgan fingerprint density at radius 2 is 1.95 bits per heavy atom. The van der Waals surface area contributed by atoms with Crippen LogP contribution in [0.5, 0.6) is 5.75 Å². The van der Waals surface area contributed by atoms with Crippen molar-refractivity contribution >= 4 is 23.1 Å². The number of rotatable bonds is 5. The van der Waals surface area contributed by atoms with E-state index in [1.807, 2.05) is 12.1 Å². The molecule has 2 rings (SSSR count). The van der Waals surface area contributed by atoms with Crippen LogP contribution in [-0.2, 0) is 6.42 Å². The van der Waals surface area contributed by atoms with Gasteiger partial charge < -0.3 is 10.1 Å². The average molecular weight is 278 g/mol. The summed E-state index contributed by atoms with van der Waals surface area (Å²) in [4.78, 5) is 8.01. The maximum atomic E-state index is 5.95. The van der Waals surface area contributed by atoms with Gasteiger partial charge in [-0.2, -0.15) is 0 Å². The Morgan fingerprint density at radius 3 is 2.58 bits per heavy atom. The van der Waals surface area contributed by atoms with E-state index in [1.54, 1.807) is 7.11 Å². The van der Waals surface area contributed by atoms with Gasteiger partial charge in [0.15, 0.2) is 16.7 Å². The van der Waals surface area contributed by atoms with E-state index >= 15 is 0 Å². The second kappa shape index (κ2) is 6.38. The number of hydrogen-bond acceptors (Lipinski definition) is 4. The van der Waals surface area contributed by atoms with E-state index < -0.39 is 0 Å². The topological polar surface area (TPSA) is 47.0 Å². The second-order valence-electron chi connectivity index (χ2n) is 4.12. The first-order valence-electron chi connectivity index (χ1n) is 6.15. The van der Waals surface area contributed by atoms with E-state index in [2.05, 4.69) is 34.3 Å². The number of hydrogen-bond donors (Lipinski definition) is 1. The van der Waals surface area contributed by atoms with Gasteiger partial charge in [0, 0.05) is 5.69 Å². The van der Waals surface area contributed by atoms with Crippen LogP contribution in [0.4, 0.5) is 11.5 Å². The molecule has 0 aliphatic carbocycles. The van der Waals surface area contributed by atoms with Crippen LogP contribution in [0, 0.1) is 0 Å². The normalized spacial score (nSPS) is 10.3. The Hall–Kier alpha value is -1.81. The lowest BCUT2D eigenvalue weighted by Gasteiger charge is -2.10. The fourth-order valence-electron chi connectivity index (χ4n) is 1.80. The highest BCUT2D eigenvalue weighted by molar-refractivity contribution is 6.31. The van der Waals surface area contributed by atoms with Gasteiger partial charge in [0.2, 0.25) is 0 Å². The summed E-state index contributed by atoms with van der Waals surface area (Å²) in [5, 5.41) is 3.47. The van der Waals surface area contributed by atoms with Crippen molar-refractivity contribution in [1.29, 1.82) is 0 Å². The minimum Gasteiger partial charge on any atom is -0.490 e. The largest absolute Gasteiger partial charge is 0.490 e. The zero-order chi connectivity index (χ0) is 13.7. The van der Waals surface area contributed by atoms with Crippen molar-refractivity contribution < 1.29 is 4.74 Å². The first-order valence-corrected chi connectivity index (χ1v) is 6.52. The van der Waals surface area contributed by atoms with Gasteiger partial charge in [0.25, 0.3) is 0 Å². The highest BCUT2D eigenvalue weighted by Gasteiger charge is 2.10. The quantitative estimate of drug-likeness (QED) is 0.844. The molecule has 0 bridgehead atoms. The third-order valence-electron chi connectivity index (χ3n) is 2.72. The summed E-state index contributed by atoms with van der Waals surface area (Å²) in [5.41, 5.74) is 2.26. The molecule has 1 aromatic carbocycles. The number of anilines is 2. The summed E-state index contributed by atoms with van der Waals surface area (Å²) in [6, 6.07) is 8.23. The lowest BCUT2D eigenvalue weighted by Crippen LogP contribution is -1.99. The fraction of sp³-hybridized carbons (Fsp3) is 0.286. The third kappa shape index (κ3) is 3.35. The van der Waals surface area contributed by atoms with Gasteiger partial charge in [-0.05, 0) is 24.1 Å². The maximum Gasteiger partial charge on any atom is 0.199 e. The van der Waals surface area contributed by atoms with Crippen LogP contribution in [0.1, 0.15) is 18.9 Å². The molecular weight excluding hydrogens is 262 g/mol. The van der Waals surface area contributed by atoms with Gasteiger partial charge in [0.05, 0.1) is 7.11 Å². The molecule has 0 radical (unpaired) electrons. The van der Waals surface area contributed by atoms with Crippen molar-refractivity contribution in [2.45, 2.75) is 19.8 Å². The molecule has 0 aliphatic rings. The Kier molecular flexibility index (Phi) is 4.58. The van der Waals surface area contributed by atoms with Gasteiger partial charge in [-0.3, -0.25) is 0 Å². The molecule has 4 nitrogen and oxygen atoms in total. The van der Waals surface area contributed by atoms with E-state index in [4.69, 9.17) is 16.3 Å². The summed E-state index contributed by atoms with van der Waals surface area (Å²) in [7, 11) is 1.54. The zero-order valence-corrected chi connectivity index (χ0v) is 11.7. The lowest BCUT2D eigenvalue weighted by molar-refractivity contribution is 0.413. The predicted molar refractivity (Wildman–Crippen MR) is 77.3 cm³/mol. The first-order chi connectivity index (χ1) is 9.24. The van der Waals surface area contributed by atoms with Gasteiger partial charge in [-0.15, -0.1) is 0 Å². The number of nitrogens with one attached hydrogen (secondary N) is 1. The van der Waals surface area contributed by atoms with Crippen molar-refractivity contribution in [2.24, 2.45) is 0 Å². The smallest absolute Gasteiger partial charge is 0.199 e. The van der Waals surface area contributed by atoms with Crippen LogP contribution < -0.4 is 10.1 Å². The molecule has 0 fully saturated rings. The predicted octanol–water partition coefficient (Wildman–Crippen LogP) is 3.83. The molecule has 1 aromatic heterocycles. The summed E-state index contributed by atoms with van der Waals surface area (Å²) >= 11 is 5.95. The molecule has 0 amide bonds. The SMILES string of the molecule is CCCc1ccc(Nc2ncnc(Cl)c2OC)cc1. The highest BCUT2D eigenvalue weighted by Crippen LogP contribution is 2.30. The van der Waals surface area contributed by atoms with Crippen LogP contribution in [0.15, 0.2) is 30.6 Å². The third-order valence-corrected chi connectivity index (χ3v) is 2.99. The summed E-state index contributed by atoms with van der Waals surface area (Å²) < 4.78 is 5.19. The summed E-state index contributed by atoms with van der Waals surface area (Å²) in [6.45, 7) is 2.17. The summed E-state index contributed by atoms with van der Waals surface area (Å²) in [6.07, 6.45) is 3.63. The van der Waals surface area contributed by atoms with Gasteiger partial charge in [-0.25, -0.2) is 9.97 Å². The van der Waals surface area contributed by atoms with E-state index in [1.165, 1.54) is 11.9 Å². The molecule has 0 atom stereocenters. The molecule has 19 heavy (non-hydrogen) atoms. The maximum absolute atomic E-state index is 5.95. The molecule has 0 saturated carbocycles. The van der Waals surface area contributed by atoms with Gasteiger partial charge in [0.1, 0.15) is 6.33 Å². The average Bonchev–Trinajstić information content (AvgIpc) is 2.42. The fourth-order valence-corrected chi connectivity index (χ4v) is 2.01. The molecule has 0 aliphatic heterocycles. The van der Waals surface area contributed by atoms with E-state index in [-0.39, 0.29) is 0 Å². The lowest BCUT2D eigenvalue weighted by atomic mass is 10.1. The number of benzene rings is 1. The van der Waals surface area contributed by atoms with E-state index in [0.717, 1.165) is 18.5 Å². The molecule has 5 heteroatoms. The summed E-state index contributed by atoms with van der Waals surface area (Å²) in [5.74, 6) is 1.01. The second-order valence-corrected chi connectivity index (χ2v) is 4.48. The highest BCUT2D eigenvalue weighted by atomic mass is 35.5.